The molecule has 3 N–H and O–H groups in total. The van der Waals surface area contributed by atoms with E-state index in [4.69, 9.17) is 14.2 Å². The number of benzene rings is 3. The van der Waals surface area contributed by atoms with Crippen LogP contribution in [0, 0.1) is 11.2 Å². The number of hydrogen-bond donors (Lipinski definition) is 3. The highest BCUT2D eigenvalue weighted by Gasteiger charge is 2.56. The van der Waals surface area contributed by atoms with Gasteiger partial charge in [-0.25, -0.2) is 4.39 Å². The number of carbonyl (C=O) groups is 3. The van der Waals surface area contributed by atoms with Crippen LogP contribution in [0.5, 0.6) is 17.2 Å². The Kier molecular flexibility index (Phi) is 8.39. The van der Waals surface area contributed by atoms with E-state index in [-0.39, 0.29) is 6.54 Å². The lowest BCUT2D eigenvalue weighted by Crippen LogP contribution is -2.35. The Hall–Kier alpha value is -5.19. The molecule has 1 aliphatic rings. The summed E-state index contributed by atoms with van der Waals surface area (Å²) in [6.07, 6.45) is 2.45. The number of fused-ring (bicyclic) bond motifs is 1. The number of methoxy groups -OCH3 is 1. The third-order valence-corrected chi connectivity index (χ3v) is 6.93. The van der Waals surface area contributed by atoms with Gasteiger partial charge in [-0.15, -0.1) is 0 Å². The molecule has 1 saturated carbocycles. The maximum Gasteiger partial charge on any atom is 0.325 e. The van der Waals surface area contributed by atoms with E-state index in [0.717, 1.165) is 0 Å². The molecule has 44 heavy (non-hydrogen) atoms. The second-order valence-electron chi connectivity index (χ2n) is 11.4. The van der Waals surface area contributed by atoms with Gasteiger partial charge in [0, 0.05) is 23.0 Å². The highest BCUT2D eigenvalue weighted by Crippen LogP contribution is 2.47. The number of pyridine rings is 1. The van der Waals surface area contributed by atoms with E-state index in [1.807, 2.05) is 0 Å². The van der Waals surface area contributed by atoms with Crippen LogP contribution in [0.1, 0.15) is 33.6 Å². The van der Waals surface area contributed by atoms with E-state index in [9.17, 15) is 18.8 Å². The Morgan fingerprint density at radius 2 is 1.50 bits per heavy atom. The van der Waals surface area contributed by atoms with Gasteiger partial charge in [0.2, 0.25) is 11.8 Å². The first kappa shape index (κ1) is 30.3. The molecule has 0 bridgehead atoms. The highest BCUT2D eigenvalue weighted by molar-refractivity contribution is 6.16. The Labute approximate surface area is 253 Å². The lowest BCUT2D eigenvalue weighted by atomic mass is 10.0. The molecule has 0 unspecified atom stereocenters. The number of nitrogens with zero attached hydrogens (tertiary/aromatic N) is 1. The largest absolute Gasteiger partial charge is 0.495 e. The molecule has 2 amide bonds. The van der Waals surface area contributed by atoms with Crippen LogP contribution >= 0.6 is 0 Å². The first-order chi connectivity index (χ1) is 21.0. The number of halogens is 1. The van der Waals surface area contributed by atoms with Gasteiger partial charge in [-0.05, 0) is 100 Å². The van der Waals surface area contributed by atoms with Crippen LogP contribution < -0.4 is 25.4 Å². The van der Waals surface area contributed by atoms with Crippen molar-refractivity contribution >= 4 is 45.7 Å². The van der Waals surface area contributed by atoms with Crippen LogP contribution in [0.25, 0.3) is 10.9 Å². The fourth-order valence-corrected chi connectivity index (χ4v) is 4.54. The molecule has 1 aliphatic carbocycles. The van der Waals surface area contributed by atoms with Crippen LogP contribution in [0.4, 0.5) is 21.5 Å². The number of aromatic nitrogens is 1. The van der Waals surface area contributed by atoms with Crippen molar-refractivity contribution in [3.05, 3.63) is 78.7 Å². The molecular weight excluding hydrogens is 567 g/mol. The van der Waals surface area contributed by atoms with Crippen molar-refractivity contribution < 1.29 is 33.0 Å². The van der Waals surface area contributed by atoms with Gasteiger partial charge in [0.05, 0.1) is 18.3 Å². The molecule has 11 heteroatoms. The topological polar surface area (TPSA) is 128 Å². The minimum Gasteiger partial charge on any atom is -0.495 e. The minimum atomic E-state index is -1.17. The van der Waals surface area contributed by atoms with Gasteiger partial charge in [0.1, 0.15) is 40.6 Å². The van der Waals surface area contributed by atoms with Crippen LogP contribution in [-0.4, -0.2) is 42.0 Å². The lowest BCUT2D eigenvalue weighted by molar-refractivity contribution is -0.152. The molecule has 0 aliphatic heterocycles. The van der Waals surface area contributed by atoms with Crippen LogP contribution in [0.2, 0.25) is 0 Å². The van der Waals surface area contributed by atoms with Crippen molar-refractivity contribution in [1.82, 2.24) is 4.98 Å². The van der Waals surface area contributed by atoms with Crippen molar-refractivity contribution in [3.8, 4) is 17.2 Å². The van der Waals surface area contributed by atoms with Gasteiger partial charge in [0.15, 0.2) is 0 Å². The Morgan fingerprint density at radius 1 is 0.886 bits per heavy atom. The van der Waals surface area contributed by atoms with E-state index < -0.39 is 34.6 Å². The number of nitrogens with one attached hydrogen (secondary N) is 3. The van der Waals surface area contributed by atoms with Crippen LogP contribution in [0.15, 0.2) is 72.9 Å². The number of rotatable bonds is 10. The summed E-state index contributed by atoms with van der Waals surface area (Å²) in [6.45, 7) is 5.37. The van der Waals surface area contributed by atoms with Crippen molar-refractivity contribution in [1.29, 1.82) is 0 Å². The lowest BCUT2D eigenvalue weighted by Gasteiger charge is -2.20. The summed E-state index contributed by atoms with van der Waals surface area (Å²) in [5.41, 5.74) is 0.366. The van der Waals surface area contributed by atoms with E-state index in [1.165, 1.54) is 31.4 Å². The zero-order valence-electron chi connectivity index (χ0n) is 24.8. The maximum absolute atomic E-state index is 13.2. The average Bonchev–Trinajstić information content (AvgIpc) is 3.80. The zero-order chi connectivity index (χ0) is 31.5. The third-order valence-electron chi connectivity index (χ3n) is 6.93. The molecule has 0 spiro atoms. The van der Waals surface area contributed by atoms with E-state index in [2.05, 4.69) is 20.9 Å². The summed E-state index contributed by atoms with van der Waals surface area (Å²) < 4.78 is 30.2. The predicted octanol–water partition coefficient (Wildman–Crippen LogP) is 6.29. The number of hydrogen-bond acceptors (Lipinski definition) is 8. The van der Waals surface area contributed by atoms with Crippen LogP contribution in [-0.2, 0) is 19.1 Å². The molecule has 0 radical (unpaired) electrons. The highest BCUT2D eigenvalue weighted by atomic mass is 19.1. The molecule has 1 aromatic heterocycles. The minimum absolute atomic E-state index is 0.0434. The normalized spacial score (nSPS) is 13.5. The van der Waals surface area contributed by atoms with Gasteiger partial charge in [-0.1, -0.05) is 0 Å². The van der Waals surface area contributed by atoms with Crippen molar-refractivity contribution in [3.63, 3.8) is 0 Å². The van der Waals surface area contributed by atoms with Crippen molar-refractivity contribution in [2.45, 2.75) is 39.2 Å². The molecule has 1 fully saturated rings. The molecule has 0 saturated heterocycles. The monoisotopic (exact) mass is 600 g/mol. The Bertz CT molecular complexity index is 1700. The van der Waals surface area contributed by atoms with E-state index in [1.54, 1.807) is 69.4 Å². The SMILES string of the molecule is COc1cc2c(Oc3ccc(NC(=O)C4(C(=O)Nc5ccc(F)cc5)CC4)cc3)ccnc2cc1NCC(=O)OC(C)(C)C. The summed E-state index contributed by atoms with van der Waals surface area (Å²) >= 11 is 0. The molecule has 0 atom stereocenters. The molecule has 5 rings (SSSR count). The van der Waals surface area contributed by atoms with Gasteiger partial charge in [-0.2, -0.15) is 0 Å². The van der Waals surface area contributed by atoms with Gasteiger partial charge < -0.3 is 30.2 Å². The summed E-state index contributed by atoms with van der Waals surface area (Å²) in [7, 11) is 1.53. The van der Waals surface area contributed by atoms with Crippen molar-refractivity contribution in [2.24, 2.45) is 5.41 Å². The molecule has 3 aromatic carbocycles. The van der Waals surface area contributed by atoms with E-state index in [0.29, 0.717) is 58.1 Å². The van der Waals surface area contributed by atoms with Gasteiger partial charge in [-0.3, -0.25) is 19.4 Å². The Balaban J connectivity index is 1.24. The summed E-state index contributed by atoms with van der Waals surface area (Å²) in [5.74, 6) is -0.113. The average molecular weight is 601 g/mol. The molecule has 1 heterocycles. The van der Waals surface area contributed by atoms with Gasteiger partial charge >= 0.3 is 5.97 Å². The number of esters is 1. The summed E-state index contributed by atoms with van der Waals surface area (Å²) in [6, 6.07) is 17.4. The first-order valence-electron chi connectivity index (χ1n) is 14.0. The fourth-order valence-electron chi connectivity index (χ4n) is 4.54. The molecule has 228 valence electrons. The quantitative estimate of drug-likeness (QED) is 0.143. The number of anilines is 3. The van der Waals surface area contributed by atoms with E-state index >= 15 is 0 Å². The third kappa shape index (κ3) is 7.05. The van der Waals surface area contributed by atoms with Crippen molar-refractivity contribution in [2.75, 3.05) is 29.6 Å². The molecule has 10 nitrogen and oxygen atoms in total. The second kappa shape index (κ2) is 12.2. The van der Waals surface area contributed by atoms with Crippen LogP contribution in [0.3, 0.4) is 0 Å². The molecular formula is C33H33FN4O6. The number of carbonyl (C=O) groups excluding carboxylic acids is 3. The number of ether oxygens (including phenoxy) is 3. The smallest absolute Gasteiger partial charge is 0.325 e. The summed E-state index contributed by atoms with van der Waals surface area (Å²) in [4.78, 5) is 42.5. The predicted molar refractivity (Wildman–Crippen MR) is 164 cm³/mol. The first-order valence-corrected chi connectivity index (χ1v) is 14.0. The van der Waals surface area contributed by atoms with Gasteiger partial charge in [0.25, 0.3) is 0 Å². The number of amides is 2. The Morgan fingerprint density at radius 3 is 2.07 bits per heavy atom. The molecule has 4 aromatic rings. The summed E-state index contributed by atoms with van der Waals surface area (Å²) in [5, 5.41) is 9.25. The standard InChI is InChI=1S/C33H33FN4O6/c1-32(2,3)44-29(39)19-36-26-18-25-24(17-28(26)42-4)27(13-16-35-25)43-23-11-9-22(10-12-23)38-31(41)33(14-15-33)30(40)37-21-7-5-20(34)6-8-21/h5-13,16-18,36H,14-15,19H2,1-4H3,(H,37,40)(H,38,41). The second-order valence-corrected chi connectivity index (χ2v) is 11.4. The maximum atomic E-state index is 13.2. The fraction of sp³-hybridized carbons (Fsp3) is 0.273. The zero-order valence-corrected chi connectivity index (χ0v) is 24.8.